The molecule has 2 aromatic carbocycles. The normalized spacial score (nSPS) is 12.2. The van der Waals surface area contributed by atoms with Crippen LogP contribution in [0.5, 0.6) is 11.5 Å². The smallest absolute Gasteiger partial charge is 0.231 e. The molecule has 2 heterocycles. The molecule has 4 rings (SSSR count). The third-order valence-corrected chi connectivity index (χ3v) is 4.66. The van der Waals surface area contributed by atoms with Crippen LogP contribution in [-0.4, -0.2) is 24.2 Å². The Morgan fingerprint density at radius 2 is 1.96 bits per heavy atom. The van der Waals surface area contributed by atoms with Gasteiger partial charge in [0.25, 0.3) is 0 Å². The minimum absolute atomic E-state index is 0.0760. The zero-order valence-electron chi connectivity index (χ0n) is 16.0. The van der Waals surface area contributed by atoms with Gasteiger partial charge in [0.1, 0.15) is 5.76 Å². The Morgan fingerprint density at radius 1 is 1.11 bits per heavy atom. The first-order chi connectivity index (χ1) is 13.6. The fraction of sp³-hybridized carbons (Fsp3) is 0.273. The van der Waals surface area contributed by atoms with Crippen LogP contribution in [0.25, 0.3) is 11.5 Å². The molecule has 144 valence electrons. The maximum absolute atomic E-state index is 12.3. The number of ether oxygens (including phenoxy) is 2. The first-order valence-electron chi connectivity index (χ1n) is 9.27. The van der Waals surface area contributed by atoms with Crippen molar-refractivity contribution >= 4 is 5.91 Å². The molecule has 0 fully saturated rings. The van der Waals surface area contributed by atoms with Crippen LogP contribution < -0.4 is 14.8 Å². The Labute approximate surface area is 163 Å². The topological polar surface area (TPSA) is 73.6 Å². The summed E-state index contributed by atoms with van der Waals surface area (Å²) in [7, 11) is 0. The quantitative estimate of drug-likeness (QED) is 0.710. The molecule has 3 aromatic rings. The monoisotopic (exact) mass is 378 g/mol. The molecule has 0 bridgehead atoms. The summed E-state index contributed by atoms with van der Waals surface area (Å²) in [6.45, 7) is 4.66. The zero-order chi connectivity index (χ0) is 19.5. The number of amides is 1. The SMILES string of the molecule is Cc1cccc(-c2nc(CC(=O)NCCc3ccc4c(c3)OCO4)c(C)o2)c1. The highest BCUT2D eigenvalue weighted by Gasteiger charge is 2.15. The van der Waals surface area contributed by atoms with E-state index in [9.17, 15) is 4.79 Å². The van der Waals surface area contributed by atoms with E-state index in [1.807, 2.05) is 56.3 Å². The maximum Gasteiger partial charge on any atom is 0.231 e. The lowest BCUT2D eigenvalue weighted by Gasteiger charge is -2.05. The summed E-state index contributed by atoms with van der Waals surface area (Å²) in [6.07, 6.45) is 0.914. The summed E-state index contributed by atoms with van der Waals surface area (Å²) >= 11 is 0. The molecule has 0 spiro atoms. The Morgan fingerprint density at radius 3 is 2.82 bits per heavy atom. The van der Waals surface area contributed by atoms with Gasteiger partial charge in [0, 0.05) is 12.1 Å². The molecule has 0 unspecified atom stereocenters. The number of aryl methyl sites for hydroxylation is 2. The average Bonchev–Trinajstić information content (AvgIpc) is 3.28. The molecule has 1 N–H and O–H groups in total. The van der Waals surface area contributed by atoms with Gasteiger partial charge in [0.2, 0.25) is 18.6 Å². The van der Waals surface area contributed by atoms with Crippen LogP contribution in [0.1, 0.15) is 22.6 Å². The molecule has 0 radical (unpaired) electrons. The van der Waals surface area contributed by atoms with Crippen LogP contribution in [-0.2, 0) is 17.6 Å². The van der Waals surface area contributed by atoms with E-state index in [0.717, 1.165) is 28.2 Å². The van der Waals surface area contributed by atoms with E-state index < -0.39 is 0 Å². The summed E-state index contributed by atoms with van der Waals surface area (Å²) in [6, 6.07) is 13.8. The number of fused-ring (bicyclic) bond motifs is 1. The molecular weight excluding hydrogens is 356 g/mol. The van der Waals surface area contributed by atoms with Gasteiger partial charge in [-0.05, 0) is 50.1 Å². The molecule has 28 heavy (non-hydrogen) atoms. The van der Waals surface area contributed by atoms with Crippen molar-refractivity contribution in [1.82, 2.24) is 10.3 Å². The number of hydrogen-bond acceptors (Lipinski definition) is 5. The van der Waals surface area contributed by atoms with Crippen molar-refractivity contribution in [2.45, 2.75) is 26.7 Å². The average molecular weight is 378 g/mol. The van der Waals surface area contributed by atoms with Crippen molar-refractivity contribution < 1.29 is 18.7 Å². The van der Waals surface area contributed by atoms with Gasteiger partial charge < -0.3 is 19.2 Å². The summed E-state index contributed by atoms with van der Waals surface area (Å²) in [4.78, 5) is 16.8. The minimum atomic E-state index is -0.0760. The Hall–Kier alpha value is -3.28. The van der Waals surface area contributed by atoms with Gasteiger partial charge in [-0.3, -0.25) is 4.79 Å². The van der Waals surface area contributed by atoms with Crippen molar-refractivity contribution in [2.24, 2.45) is 0 Å². The number of oxazole rings is 1. The van der Waals surface area contributed by atoms with Crippen LogP contribution in [0.2, 0.25) is 0 Å². The molecule has 0 aliphatic carbocycles. The second-order valence-electron chi connectivity index (χ2n) is 6.86. The second kappa shape index (κ2) is 7.76. The number of benzene rings is 2. The molecule has 1 amide bonds. The van der Waals surface area contributed by atoms with Crippen molar-refractivity contribution in [3.8, 4) is 23.0 Å². The Kier molecular flexibility index (Phi) is 5.02. The molecule has 1 aromatic heterocycles. The highest BCUT2D eigenvalue weighted by Crippen LogP contribution is 2.32. The van der Waals surface area contributed by atoms with E-state index >= 15 is 0 Å². The summed E-state index contributed by atoms with van der Waals surface area (Å²) in [5, 5.41) is 2.94. The first kappa shape index (κ1) is 18.1. The van der Waals surface area contributed by atoms with Crippen molar-refractivity contribution in [3.63, 3.8) is 0 Å². The maximum atomic E-state index is 12.3. The van der Waals surface area contributed by atoms with Crippen LogP contribution in [0, 0.1) is 13.8 Å². The van der Waals surface area contributed by atoms with Gasteiger partial charge in [0.05, 0.1) is 12.1 Å². The second-order valence-corrected chi connectivity index (χ2v) is 6.86. The fourth-order valence-electron chi connectivity index (χ4n) is 3.15. The van der Waals surface area contributed by atoms with E-state index in [4.69, 9.17) is 13.9 Å². The number of carbonyl (C=O) groups is 1. The Bertz CT molecular complexity index is 1010. The van der Waals surface area contributed by atoms with E-state index in [1.165, 1.54) is 0 Å². The lowest BCUT2D eigenvalue weighted by molar-refractivity contribution is -0.120. The van der Waals surface area contributed by atoms with Gasteiger partial charge in [0.15, 0.2) is 11.5 Å². The molecular formula is C22H22N2O4. The van der Waals surface area contributed by atoms with Gasteiger partial charge in [-0.25, -0.2) is 4.98 Å². The molecule has 1 aliphatic heterocycles. The minimum Gasteiger partial charge on any atom is -0.454 e. The lowest BCUT2D eigenvalue weighted by Crippen LogP contribution is -2.27. The summed E-state index contributed by atoms with van der Waals surface area (Å²) in [5.74, 6) is 2.66. The third kappa shape index (κ3) is 4.01. The van der Waals surface area contributed by atoms with E-state index in [1.54, 1.807) is 0 Å². The van der Waals surface area contributed by atoms with Crippen molar-refractivity contribution in [1.29, 1.82) is 0 Å². The predicted molar refractivity (Wildman–Crippen MR) is 104 cm³/mol. The van der Waals surface area contributed by atoms with Crippen LogP contribution in [0.4, 0.5) is 0 Å². The van der Waals surface area contributed by atoms with Gasteiger partial charge >= 0.3 is 0 Å². The van der Waals surface area contributed by atoms with Crippen molar-refractivity contribution in [3.05, 3.63) is 65.0 Å². The van der Waals surface area contributed by atoms with Gasteiger partial charge in [-0.15, -0.1) is 0 Å². The highest BCUT2D eigenvalue weighted by atomic mass is 16.7. The molecule has 0 saturated heterocycles. The van der Waals surface area contributed by atoms with Crippen molar-refractivity contribution in [2.75, 3.05) is 13.3 Å². The van der Waals surface area contributed by atoms with Crippen LogP contribution in [0.3, 0.4) is 0 Å². The fourth-order valence-corrected chi connectivity index (χ4v) is 3.15. The largest absolute Gasteiger partial charge is 0.454 e. The molecule has 6 nitrogen and oxygen atoms in total. The summed E-state index contributed by atoms with van der Waals surface area (Å²) in [5.41, 5.74) is 3.80. The first-order valence-corrected chi connectivity index (χ1v) is 9.27. The molecule has 0 atom stereocenters. The summed E-state index contributed by atoms with van der Waals surface area (Å²) < 4.78 is 16.4. The van der Waals surface area contributed by atoms with Crippen LogP contribution >= 0.6 is 0 Å². The van der Waals surface area contributed by atoms with E-state index in [2.05, 4.69) is 10.3 Å². The van der Waals surface area contributed by atoms with Gasteiger partial charge in [-0.1, -0.05) is 23.8 Å². The number of carbonyl (C=O) groups excluding carboxylic acids is 1. The highest BCUT2D eigenvalue weighted by molar-refractivity contribution is 5.78. The van der Waals surface area contributed by atoms with E-state index in [0.29, 0.717) is 30.3 Å². The number of aromatic nitrogens is 1. The van der Waals surface area contributed by atoms with Gasteiger partial charge in [-0.2, -0.15) is 0 Å². The van der Waals surface area contributed by atoms with E-state index in [-0.39, 0.29) is 19.1 Å². The number of nitrogens with one attached hydrogen (secondary N) is 1. The predicted octanol–water partition coefficient (Wildman–Crippen LogP) is 3.59. The number of hydrogen-bond donors (Lipinski definition) is 1. The van der Waals surface area contributed by atoms with Crippen LogP contribution in [0.15, 0.2) is 46.9 Å². The Balaban J connectivity index is 1.32. The number of nitrogens with zero attached hydrogens (tertiary/aromatic N) is 1. The molecule has 1 aliphatic rings. The molecule has 6 heteroatoms. The number of rotatable bonds is 6. The zero-order valence-corrected chi connectivity index (χ0v) is 16.0. The lowest BCUT2D eigenvalue weighted by atomic mass is 10.1. The molecule has 0 saturated carbocycles. The standard InChI is InChI=1S/C22H22N2O4/c1-14-4-3-5-17(10-14)22-24-18(15(2)28-22)12-21(25)23-9-8-16-6-7-19-20(11-16)27-13-26-19/h3-7,10-11H,8-9,12-13H2,1-2H3,(H,23,25). The third-order valence-electron chi connectivity index (χ3n) is 4.66.